The second kappa shape index (κ2) is 13.7. The van der Waals surface area contributed by atoms with Crippen molar-refractivity contribution in [2.24, 2.45) is 11.8 Å². The molecule has 4 heteroatoms. The van der Waals surface area contributed by atoms with Crippen LogP contribution in [-0.2, 0) is 10.8 Å². The van der Waals surface area contributed by atoms with Crippen molar-refractivity contribution in [3.05, 3.63) is 187 Å². The van der Waals surface area contributed by atoms with Crippen molar-refractivity contribution >= 4 is 10.8 Å². The van der Waals surface area contributed by atoms with Gasteiger partial charge in [0.25, 0.3) is 0 Å². The van der Waals surface area contributed by atoms with Gasteiger partial charge in [0.05, 0.1) is 11.6 Å². The Balaban J connectivity index is 0.920. The Hall–Kier alpha value is -6.70. The molecular weight excluding hydrogens is 705 g/mol. The van der Waals surface area contributed by atoms with E-state index in [0.717, 1.165) is 34.1 Å². The standard InChI is InChI=1S/C54H42N4/c55-34-36-14-16-39(17-15-36)40-20-24-46(25-21-40)53-30-37-28-38(31-53)33-54(32-37,35-53)47-26-22-42(23-27-47)48-13-7-12-41-18-19-45(29-49(41)48)52-57-50(43-8-3-1-4-9-43)56-51(58-52)44-10-5-2-6-11-44/h1-27,29,37-38H,28,30-33,35H2. The highest BCUT2D eigenvalue weighted by Crippen LogP contribution is 2.66. The van der Waals surface area contributed by atoms with Crippen molar-refractivity contribution in [2.75, 3.05) is 0 Å². The van der Waals surface area contributed by atoms with Crippen LogP contribution in [0.2, 0.25) is 0 Å². The van der Waals surface area contributed by atoms with Crippen LogP contribution < -0.4 is 0 Å². The molecule has 2 unspecified atom stereocenters. The summed E-state index contributed by atoms with van der Waals surface area (Å²) in [7, 11) is 0. The molecule has 1 heterocycles. The molecule has 8 aromatic rings. The van der Waals surface area contributed by atoms with Gasteiger partial charge in [-0.15, -0.1) is 0 Å². The van der Waals surface area contributed by atoms with E-state index in [4.69, 9.17) is 15.0 Å². The average molecular weight is 747 g/mol. The first-order valence-corrected chi connectivity index (χ1v) is 20.7. The molecule has 0 N–H and O–H groups in total. The molecule has 1 aromatic heterocycles. The van der Waals surface area contributed by atoms with Crippen LogP contribution in [0.1, 0.15) is 55.2 Å². The lowest BCUT2D eigenvalue weighted by atomic mass is 9.41. The van der Waals surface area contributed by atoms with E-state index in [0.29, 0.717) is 23.0 Å². The summed E-state index contributed by atoms with van der Waals surface area (Å²) in [4.78, 5) is 15.0. The molecule has 4 fully saturated rings. The highest BCUT2D eigenvalue weighted by molar-refractivity contribution is 5.98. The Kier molecular flexibility index (Phi) is 8.19. The number of rotatable bonds is 7. The van der Waals surface area contributed by atoms with Crippen molar-refractivity contribution < 1.29 is 0 Å². The van der Waals surface area contributed by atoms with Crippen molar-refractivity contribution in [1.29, 1.82) is 5.26 Å². The monoisotopic (exact) mass is 746 g/mol. The van der Waals surface area contributed by atoms with Gasteiger partial charge in [0.2, 0.25) is 0 Å². The minimum absolute atomic E-state index is 0.214. The molecule has 0 amide bonds. The molecule has 4 saturated carbocycles. The smallest absolute Gasteiger partial charge is 0.164 e. The van der Waals surface area contributed by atoms with Crippen molar-refractivity contribution in [2.45, 2.75) is 49.4 Å². The van der Waals surface area contributed by atoms with Crippen LogP contribution in [0.5, 0.6) is 0 Å². The lowest BCUT2D eigenvalue weighted by molar-refractivity contribution is -0.0281. The summed E-state index contributed by atoms with van der Waals surface area (Å²) < 4.78 is 0. The molecular formula is C54H42N4. The fourth-order valence-electron chi connectivity index (χ4n) is 11.3. The number of nitrogens with zero attached hydrogens (tertiary/aromatic N) is 4. The van der Waals surface area contributed by atoms with Crippen LogP contribution in [0.15, 0.2) is 170 Å². The summed E-state index contributed by atoms with van der Waals surface area (Å²) in [5.74, 6) is 3.55. The molecule has 4 aliphatic carbocycles. The first kappa shape index (κ1) is 34.5. The lowest BCUT2D eigenvalue weighted by Crippen LogP contribution is -2.55. The SMILES string of the molecule is N#Cc1ccc(-c2ccc(C34CC5CC(C3)CC(c3ccc(-c6cccc7ccc(-c8nc(-c9ccccc9)nc(-c9ccccc9)n8)cc67)cc3)(C5)C4)cc2)cc1. The van der Waals surface area contributed by atoms with E-state index in [-0.39, 0.29) is 10.8 Å². The maximum Gasteiger partial charge on any atom is 0.164 e. The van der Waals surface area contributed by atoms with Crippen molar-refractivity contribution in [3.63, 3.8) is 0 Å². The van der Waals surface area contributed by atoms with Gasteiger partial charge in [0.1, 0.15) is 0 Å². The number of hydrogen-bond donors (Lipinski definition) is 0. The Labute approximate surface area is 340 Å². The second-order valence-electron chi connectivity index (χ2n) is 17.1. The van der Waals surface area contributed by atoms with Crippen LogP contribution in [0.4, 0.5) is 0 Å². The zero-order valence-corrected chi connectivity index (χ0v) is 32.4. The van der Waals surface area contributed by atoms with Crippen molar-refractivity contribution in [1.82, 2.24) is 15.0 Å². The Morgan fingerprint density at radius 3 is 1.47 bits per heavy atom. The van der Waals surface area contributed by atoms with Gasteiger partial charge in [-0.25, -0.2) is 15.0 Å². The van der Waals surface area contributed by atoms with Gasteiger partial charge in [-0.2, -0.15) is 5.26 Å². The van der Waals surface area contributed by atoms with Gasteiger partial charge in [0.15, 0.2) is 17.5 Å². The van der Waals surface area contributed by atoms with E-state index in [1.165, 1.54) is 77.1 Å². The molecule has 4 aliphatic rings. The maximum absolute atomic E-state index is 9.25. The minimum atomic E-state index is 0.214. The van der Waals surface area contributed by atoms with Gasteiger partial charge >= 0.3 is 0 Å². The van der Waals surface area contributed by atoms with E-state index in [1.54, 1.807) is 0 Å². The normalized spacial score (nSPS) is 21.8. The molecule has 0 radical (unpaired) electrons. The van der Waals surface area contributed by atoms with Gasteiger partial charge in [-0.3, -0.25) is 0 Å². The molecule has 4 nitrogen and oxygen atoms in total. The molecule has 2 atom stereocenters. The van der Waals surface area contributed by atoms with Crippen LogP contribution in [0.25, 0.3) is 67.2 Å². The van der Waals surface area contributed by atoms with Gasteiger partial charge in [-0.1, -0.05) is 152 Å². The molecule has 58 heavy (non-hydrogen) atoms. The lowest BCUT2D eigenvalue weighted by Gasteiger charge is -2.63. The predicted molar refractivity (Wildman–Crippen MR) is 234 cm³/mol. The zero-order valence-electron chi connectivity index (χ0n) is 32.4. The molecule has 0 aliphatic heterocycles. The third kappa shape index (κ3) is 6.01. The highest BCUT2D eigenvalue weighted by Gasteiger charge is 2.58. The number of benzene rings is 7. The molecule has 0 saturated heterocycles. The summed E-state index contributed by atoms with van der Waals surface area (Å²) in [5.41, 5.74) is 11.9. The Bertz CT molecular complexity index is 2770. The van der Waals surface area contributed by atoms with Gasteiger partial charge in [-0.05, 0) is 124 Å². The molecule has 278 valence electrons. The quantitative estimate of drug-likeness (QED) is 0.163. The van der Waals surface area contributed by atoms with Gasteiger partial charge < -0.3 is 0 Å². The largest absolute Gasteiger partial charge is 0.208 e. The third-order valence-electron chi connectivity index (χ3n) is 13.6. The summed E-state index contributed by atoms with van der Waals surface area (Å²) in [6.45, 7) is 0. The van der Waals surface area contributed by atoms with Gasteiger partial charge in [0, 0.05) is 16.7 Å². The number of nitriles is 1. The maximum atomic E-state index is 9.25. The second-order valence-corrected chi connectivity index (χ2v) is 17.1. The average Bonchev–Trinajstić information content (AvgIpc) is 3.29. The minimum Gasteiger partial charge on any atom is -0.208 e. The molecule has 12 rings (SSSR count). The van der Waals surface area contributed by atoms with E-state index in [2.05, 4.69) is 127 Å². The number of aromatic nitrogens is 3. The molecule has 7 aromatic carbocycles. The van der Waals surface area contributed by atoms with Crippen LogP contribution >= 0.6 is 0 Å². The first-order valence-electron chi connectivity index (χ1n) is 20.7. The predicted octanol–water partition coefficient (Wildman–Crippen LogP) is 13.0. The van der Waals surface area contributed by atoms with E-state index >= 15 is 0 Å². The third-order valence-corrected chi connectivity index (χ3v) is 13.6. The number of fused-ring (bicyclic) bond motifs is 1. The first-order chi connectivity index (χ1) is 28.5. The van der Waals surface area contributed by atoms with E-state index < -0.39 is 0 Å². The van der Waals surface area contributed by atoms with Crippen LogP contribution in [-0.4, -0.2) is 15.0 Å². The summed E-state index contributed by atoms with van der Waals surface area (Å²) in [6.07, 6.45) is 7.81. The summed E-state index contributed by atoms with van der Waals surface area (Å²) >= 11 is 0. The van der Waals surface area contributed by atoms with Crippen LogP contribution in [0, 0.1) is 23.2 Å². The summed E-state index contributed by atoms with van der Waals surface area (Å²) in [6, 6.07) is 62.8. The molecule has 0 spiro atoms. The Morgan fingerprint density at radius 1 is 0.448 bits per heavy atom. The van der Waals surface area contributed by atoms with E-state index in [1.807, 2.05) is 48.5 Å². The molecule has 4 bridgehead atoms. The summed E-state index contributed by atoms with van der Waals surface area (Å²) in [5, 5.41) is 11.6. The Morgan fingerprint density at radius 2 is 0.931 bits per heavy atom. The van der Waals surface area contributed by atoms with Crippen LogP contribution in [0.3, 0.4) is 0 Å². The highest BCUT2D eigenvalue weighted by atomic mass is 15.0. The number of hydrogen-bond acceptors (Lipinski definition) is 4. The van der Waals surface area contributed by atoms with Crippen molar-refractivity contribution in [3.8, 4) is 62.5 Å². The fourth-order valence-corrected chi connectivity index (χ4v) is 11.3. The van der Waals surface area contributed by atoms with E-state index in [9.17, 15) is 5.26 Å². The topological polar surface area (TPSA) is 62.5 Å². The zero-order chi connectivity index (χ0) is 38.7. The fraction of sp³-hybridized carbons (Fsp3) is 0.185.